The molecule has 0 aliphatic rings. The van der Waals surface area contributed by atoms with E-state index in [1.807, 2.05) is 0 Å². The molecule has 0 saturated heterocycles. The number of aromatic nitrogens is 1. The third kappa shape index (κ3) is 11.1. The molecule has 0 fully saturated rings. The van der Waals surface area contributed by atoms with Crippen molar-refractivity contribution < 1.29 is 55.7 Å². The first kappa shape index (κ1) is 30.2. The Kier molecular flexibility index (Phi) is 10.7. The molecule has 2 atom stereocenters. The van der Waals surface area contributed by atoms with E-state index in [4.69, 9.17) is 15.0 Å². The number of nitrogens with one attached hydrogen (secondary N) is 1. The van der Waals surface area contributed by atoms with Gasteiger partial charge in [-0.25, -0.2) is 4.79 Å². The molecule has 1 heterocycles. The number of benzene rings is 1. The van der Waals surface area contributed by atoms with Crippen LogP contribution in [0.2, 0.25) is 0 Å². The van der Waals surface area contributed by atoms with Gasteiger partial charge in [0.2, 0.25) is 5.91 Å². The van der Waals surface area contributed by atoms with Crippen molar-refractivity contribution in [1.82, 2.24) is 10.3 Å². The first-order valence-corrected chi connectivity index (χ1v) is 10.1. The highest BCUT2D eigenvalue weighted by atomic mass is 19.4. The van der Waals surface area contributed by atoms with Crippen molar-refractivity contribution in [3.63, 3.8) is 0 Å². The van der Waals surface area contributed by atoms with Gasteiger partial charge in [-0.15, -0.1) is 0 Å². The molecule has 0 saturated carbocycles. The van der Waals surface area contributed by atoms with Crippen LogP contribution in [0.5, 0.6) is 5.75 Å². The van der Waals surface area contributed by atoms with E-state index in [0.29, 0.717) is 11.3 Å². The van der Waals surface area contributed by atoms with Crippen LogP contribution >= 0.6 is 0 Å². The fraction of sp³-hybridized carbons (Fsp3) is 0.364. The molecule has 0 aliphatic heterocycles. The molecule has 0 spiro atoms. The second-order valence-electron chi connectivity index (χ2n) is 7.39. The summed E-state index contributed by atoms with van der Waals surface area (Å²) < 4.78 is 72.8. The minimum atomic E-state index is -5.08. The Labute approximate surface area is 200 Å². The molecule has 0 bridgehead atoms. The summed E-state index contributed by atoms with van der Waals surface area (Å²) >= 11 is 0. The van der Waals surface area contributed by atoms with Crippen LogP contribution in [0, 0.1) is 0 Å². The van der Waals surface area contributed by atoms with E-state index in [0.717, 1.165) is 5.56 Å². The van der Waals surface area contributed by atoms with E-state index in [-0.39, 0.29) is 18.1 Å². The number of carbonyl (C=O) groups excluding carboxylic acids is 1. The van der Waals surface area contributed by atoms with Gasteiger partial charge in [-0.1, -0.05) is 24.3 Å². The quantitative estimate of drug-likeness (QED) is 0.441. The smallest absolute Gasteiger partial charge is 0.483 e. The molecule has 14 heteroatoms. The second-order valence-corrected chi connectivity index (χ2v) is 7.39. The number of amides is 1. The Hall–Kier alpha value is -3.84. The minimum absolute atomic E-state index is 0.0136. The number of rotatable bonds is 8. The molecule has 0 radical (unpaired) electrons. The lowest BCUT2D eigenvalue weighted by atomic mass is 9.99. The predicted octanol–water partition coefficient (Wildman–Crippen LogP) is 4.26. The SMILES string of the molecule is CC(C(=O)O)c1ccc(CC(=O)N[C@H](C)c2ccc(OCC(F)(F)F)cn2)cc1.O=C(O)C(F)(F)F. The van der Waals surface area contributed by atoms with Gasteiger partial charge in [0.15, 0.2) is 6.61 Å². The number of aliphatic carboxylic acids is 2. The molecule has 8 nitrogen and oxygen atoms in total. The van der Waals surface area contributed by atoms with Crippen LogP contribution in [-0.4, -0.2) is 52.0 Å². The maximum Gasteiger partial charge on any atom is 0.490 e. The zero-order valence-corrected chi connectivity index (χ0v) is 18.9. The average Bonchev–Trinajstić information content (AvgIpc) is 2.77. The topological polar surface area (TPSA) is 126 Å². The Morgan fingerprint density at radius 2 is 1.53 bits per heavy atom. The predicted molar refractivity (Wildman–Crippen MR) is 112 cm³/mol. The highest BCUT2D eigenvalue weighted by Crippen LogP contribution is 2.20. The summed E-state index contributed by atoms with van der Waals surface area (Å²) in [6.45, 7) is 1.89. The van der Waals surface area contributed by atoms with Gasteiger partial charge in [-0.2, -0.15) is 26.3 Å². The van der Waals surface area contributed by atoms with E-state index in [1.54, 1.807) is 38.1 Å². The van der Waals surface area contributed by atoms with Crippen LogP contribution in [-0.2, 0) is 20.8 Å². The van der Waals surface area contributed by atoms with Gasteiger partial charge in [0.1, 0.15) is 5.75 Å². The zero-order chi connectivity index (χ0) is 27.7. The second kappa shape index (κ2) is 12.7. The van der Waals surface area contributed by atoms with Gasteiger partial charge in [0.05, 0.1) is 30.3 Å². The van der Waals surface area contributed by atoms with Crippen LogP contribution in [0.4, 0.5) is 26.3 Å². The van der Waals surface area contributed by atoms with Crippen molar-refractivity contribution in [3.8, 4) is 5.75 Å². The molecule has 1 amide bonds. The van der Waals surface area contributed by atoms with Gasteiger partial charge in [0, 0.05) is 0 Å². The zero-order valence-electron chi connectivity index (χ0n) is 18.9. The van der Waals surface area contributed by atoms with E-state index in [1.165, 1.54) is 18.3 Å². The Morgan fingerprint density at radius 3 is 1.94 bits per heavy atom. The number of carboxylic acid groups (broad SMARTS) is 2. The summed E-state index contributed by atoms with van der Waals surface area (Å²) in [5, 5.41) is 18.9. The third-order valence-electron chi connectivity index (χ3n) is 4.44. The lowest BCUT2D eigenvalue weighted by Crippen LogP contribution is -2.28. The van der Waals surface area contributed by atoms with Crippen LogP contribution in [0.15, 0.2) is 42.6 Å². The summed E-state index contributed by atoms with van der Waals surface area (Å²) in [5.41, 5.74) is 1.84. The number of nitrogens with zero attached hydrogens (tertiary/aromatic N) is 1. The van der Waals surface area contributed by atoms with Gasteiger partial charge >= 0.3 is 24.3 Å². The van der Waals surface area contributed by atoms with Crippen LogP contribution in [0.25, 0.3) is 0 Å². The molecule has 1 unspecified atom stereocenters. The van der Waals surface area contributed by atoms with Gasteiger partial charge in [-0.05, 0) is 37.1 Å². The molecule has 2 rings (SSSR count). The maximum atomic E-state index is 12.2. The summed E-state index contributed by atoms with van der Waals surface area (Å²) in [6, 6.07) is 9.13. The van der Waals surface area contributed by atoms with Crippen molar-refractivity contribution in [2.45, 2.75) is 44.6 Å². The average molecular weight is 524 g/mol. The summed E-state index contributed by atoms with van der Waals surface area (Å²) in [4.78, 5) is 36.1. The molecule has 1 aromatic carbocycles. The molecule has 36 heavy (non-hydrogen) atoms. The third-order valence-corrected chi connectivity index (χ3v) is 4.44. The van der Waals surface area contributed by atoms with Crippen molar-refractivity contribution in [2.24, 2.45) is 0 Å². The fourth-order valence-corrected chi connectivity index (χ4v) is 2.52. The van der Waals surface area contributed by atoms with E-state index in [2.05, 4.69) is 15.0 Å². The summed E-state index contributed by atoms with van der Waals surface area (Å²) in [7, 11) is 0. The van der Waals surface area contributed by atoms with Crippen LogP contribution < -0.4 is 10.1 Å². The lowest BCUT2D eigenvalue weighted by Gasteiger charge is -2.15. The first-order valence-electron chi connectivity index (χ1n) is 10.1. The molecule has 198 valence electrons. The highest BCUT2D eigenvalue weighted by Gasteiger charge is 2.38. The number of hydrogen-bond acceptors (Lipinski definition) is 5. The molecule has 1 aromatic heterocycles. The largest absolute Gasteiger partial charge is 0.490 e. The Balaban J connectivity index is 0.000000809. The number of carboxylic acids is 2. The van der Waals surface area contributed by atoms with Crippen LogP contribution in [0.1, 0.15) is 42.6 Å². The van der Waals surface area contributed by atoms with Gasteiger partial charge < -0.3 is 20.3 Å². The Bertz CT molecular complexity index is 1020. The number of alkyl halides is 6. The molecular weight excluding hydrogens is 502 g/mol. The lowest BCUT2D eigenvalue weighted by molar-refractivity contribution is -0.192. The maximum absolute atomic E-state index is 12.2. The van der Waals surface area contributed by atoms with E-state index in [9.17, 15) is 35.9 Å². The normalized spacial score (nSPS) is 13.0. The standard InChI is InChI=1S/C20H21F3N2O4.C2HF3O2/c1-12(19(27)28)15-5-3-14(4-6-15)9-18(26)25-13(2)17-8-7-16(10-24-17)29-11-20(21,22)23;3-2(4,5)1(6)7/h3-8,10,12-13H,9,11H2,1-2H3,(H,25,26)(H,27,28);(H,6,7)/t12?,13-;/m1./s1. The number of pyridine rings is 1. The molecular formula is C22H22F6N2O6. The van der Waals surface area contributed by atoms with E-state index >= 15 is 0 Å². The van der Waals surface area contributed by atoms with Crippen LogP contribution in [0.3, 0.4) is 0 Å². The Morgan fingerprint density at radius 1 is 0.972 bits per heavy atom. The van der Waals surface area contributed by atoms with Crippen molar-refractivity contribution >= 4 is 17.8 Å². The molecule has 2 aromatic rings. The van der Waals surface area contributed by atoms with E-state index < -0.39 is 42.9 Å². The van der Waals surface area contributed by atoms with Gasteiger partial charge in [-0.3, -0.25) is 14.6 Å². The number of carbonyl (C=O) groups is 3. The summed E-state index contributed by atoms with van der Waals surface area (Å²) in [5.74, 6) is -4.60. The number of hydrogen-bond donors (Lipinski definition) is 3. The fourth-order valence-electron chi connectivity index (χ4n) is 2.52. The number of halogens is 6. The first-order chi connectivity index (χ1) is 16.5. The molecule has 3 N–H and O–H groups in total. The monoisotopic (exact) mass is 524 g/mol. The summed E-state index contributed by atoms with van der Waals surface area (Å²) in [6.07, 6.45) is -8.24. The van der Waals surface area contributed by atoms with Gasteiger partial charge in [0.25, 0.3) is 0 Å². The van der Waals surface area contributed by atoms with Crippen molar-refractivity contribution in [3.05, 3.63) is 59.4 Å². The molecule has 0 aliphatic carbocycles. The van der Waals surface area contributed by atoms with Crippen molar-refractivity contribution in [2.75, 3.05) is 6.61 Å². The number of ether oxygens (including phenoxy) is 1. The van der Waals surface area contributed by atoms with Crippen molar-refractivity contribution in [1.29, 1.82) is 0 Å². The highest BCUT2D eigenvalue weighted by molar-refractivity contribution is 5.79. The minimum Gasteiger partial charge on any atom is -0.483 e.